The number of nitrogens with zero attached hydrogens (tertiary/aromatic N) is 2. The Morgan fingerprint density at radius 3 is 2.75 bits per heavy atom. The number of H-pyrrole nitrogens is 1. The molecule has 0 atom stereocenters. The van der Waals surface area contributed by atoms with E-state index in [2.05, 4.69) is 46.5 Å². The molecule has 4 aromatic rings. The first-order valence-corrected chi connectivity index (χ1v) is 9.36. The number of fused-ring (bicyclic) bond motifs is 1. The summed E-state index contributed by atoms with van der Waals surface area (Å²) in [6, 6.07) is 13.9. The van der Waals surface area contributed by atoms with Crippen molar-refractivity contribution in [3.8, 4) is 11.3 Å². The van der Waals surface area contributed by atoms with Gasteiger partial charge in [0, 0.05) is 29.5 Å². The second kappa shape index (κ2) is 7.68. The second-order valence-electron chi connectivity index (χ2n) is 7.12. The number of amides is 1. The van der Waals surface area contributed by atoms with E-state index < -0.39 is 0 Å². The second-order valence-corrected chi connectivity index (χ2v) is 7.12. The van der Waals surface area contributed by atoms with Crippen molar-refractivity contribution in [1.29, 1.82) is 0 Å². The van der Waals surface area contributed by atoms with Gasteiger partial charge >= 0.3 is 0 Å². The van der Waals surface area contributed by atoms with E-state index in [0.29, 0.717) is 24.7 Å². The molecule has 6 heteroatoms. The minimum Gasteiger partial charge on any atom is -0.441 e. The summed E-state index contributed by atoms with van der Waals surface area (Å²) in [7, 11) is 0. The number of benzene rings is 2. The smallest absolute Gasteiger partial charge is 0.224 e. The van der Waals surface area contributed by atoms with E-state index in [4.69, 9.17) is 4.42 Å². The molecule has 2 aromatic carbocycles. The SMILES string of the molecule is CC(C)c1ccc(-c2cnc(CCC(=O)Nc3ccc4cn[nH]c4c3)o2)cc1. The zero-order valence-electron chi connectivity index (χ0n) is 15.9. The van der Waals surface area contributed by atoms with E-state index in [0.717, 1.165) is 27.9 Å². The molecule has 28 heavy (non-hydrogen) atoms. The number of anilines is 1. The quantitative estimate of drug-likeness (QED) is 0.502. The van der Waals surface area contributed by atoms with Gasteiger partial charge in [-0.25, -0.2) is 4.98 Å². The molecule has 0 unspecified atom stereocenters. The van der Waals surface area contributed by atoms with Gasteiger partial charge in [-0.1, -0.05) is 38.1 Å². The minimum absolute atomic E-state index is 0.0834. The number of nitrogens with one attached hydrogen (secondary N) is 2. The predicted molar refractivity (Wildman–Crippen MR) is 109 cm³/mol. The van der Waals surface area contributed by atoms with E-state index in [1.165, 1.54) is 5.56 Å². The lowest BCUT2D eigenvalue weighted by molar-refractivity contribution is -0.116. The molecule has 0 spiro atoms. The molecule has 0 saturated carbocycles. The van der Waals surface area contributed by atoms with Gasteiger partial charge in [-0.05, 0) is 29.7 Å². The first kappa shape index (κ1) is 18.0. The Bertz CT molecular complexity index is 1090. The summed E-state index contributed by atoms with van der Waals surface area (Å²) in [6.07, 6.45) is 4.21. The highest BCUT2D eigenvalue weighted by Crippen LogP contribution is 2.24. The van der Waals surface area contributed by atoms with Gasteiger partial charge in [-0.3, -0.25) is 9.89 Å². The summed E-state index contributed by atoms with van der Waals surface area (Å²) in [6.45, 7) is 4.33. The van der Waals surface area contributed by atoms with E-state index in [1.807, 2.05) is 30.3 Å². The Labute approximate surface area is 163 Å². The van der Waals surface area contributed by atoms with E-state index in [1.54, 1.807) is 12.4 Å². The molecule has 2 aromatic heterocycles. The van der Waals surface area contributed by atoms with E-state index in [-0.39, 0.29) is 5.91 Å². The van der Waals surface area contributed by atoms with E-state index in [9.17, 15) is 4.79 Å². The molecule has 1 amide bonds. The molecule has 0 fully saturated rings. The highest BCUT2D eigenvalue weighted by molar-refractivity contribution is 5.93. The van der Waals surface area contributed by atoms with Crippen molar-refractivity contribution in [3.05, 3.63) is 66.3 Å². The number of aromatic amines is 1. The first-order chi connectivity index (χ1) is 13.6. The van der Waals surface area contributed by atoms with Crippen molar-refractivity contribution >= 4 is 22.5 Å². The third-order valence-corrected chi connectivity index (χ3v) is 4.71. The van der Waals surface area contributed by atoms with Crippen LogP contribution >= 0.6 is 0 Å². The fourth-order valence-corrected chi connectivity index (χ4v) is 3.05. The number of aromatic nitrogens is 3. The van der Waals surface area contributed by atoms with Crippen LogP contribution in [-0.2, 0) is 11.2 Å². The van der Waals surface area contributed by atoms with E-state index >= 15 is 0 Å². The van der Waals surface area contributed by atoms with Crippen molar-refractivity contribution in [2.24, 2.45) is 0 Å². The maximum absolute atomic E-state index is 12.2. The molecular weight excluding hydrogens is 352 g/mol. The zero-order valence-corrected chi connectivity index (χ0v) is 15.9. The van der Waals surface area contributed by atoms with Crippen molar-refractivity contribution in [2.45, 2.75) is 32.6 Å². The highest BCUT2D eigenvalue weighted by atomic mass is 16.4. The number of hydrogen-bond donors (Lipinski definition) is 2. The van der Waals surface area contributed by atoms with Crippen LogP contribution in [0.3, 0.4) is 0 Å². The highest BCUT2D eigenvalue weighted by Gasteiger charge is 2.10. The maximum atomic E-state index is 12.2. The fourth-order valence-electron chi connectivity index (χ4n) is 3.05. The lowest BCUT2D eigenvalue weighted by atomic mass is 10.0. The molecule has 0 aliphatic carbocycles. The number of oxazole rings is 1. The normalized spacial score (nSPS) is 11.2. The van der Waals surface area contributed by atoms with Gasteiger partial charge in [-0.2, -0.15) is 5.10 Å². The van der Waals surface area contributed by atoms with Crippen molar-refractivity contribution in [1.82, 2.24) is 15.2 Å². The van der Waals surface area contributed by atoms with Gasteiger partial charge in [0.1, 0.15) is 0 Å². The average molecular weight is 374 g/mol. The van der Waals surface area contributed by atoms with Crippen LogP contribution < -0.4 is 5.32 Å². The van der Waals surface area contributed by atoms with Crippen LogP contribution in [0.5, 0.6) is 0 Å². The van der Waals surface area contributed by atoms with Gasteiger partial charge in [0.15, 0.2) is 11.7 Å². The minimum atomic E-state index is -0.0834. The molecule has 2 heterocycles. The molecule has 0 aliphatic rings. The Morgan fingerprint density at radius 2 is 1.96 bits per heavy atom. The summed E-state index contributed by atoms with van der Waals surface area (Å²) >= 11 is 0. The van der Waals surface area contributed by atoms with Gasteiger partial charge in [0.2, 0.25) is 5.91 Å². The molecule has 0 saturated heterocycles. The summed E-state index contributed by atoms with van der Waals surface area (Å²) in [4.78, 5) is 16.5. The summed E-state index contributed by atoms with van der Waals surface area (Å²) < 4.78 is 5.81. The predicted octanol–water partition coefficient (Wildman–Crippen LogP) is 4.91. The van der Waals surface area contributed by atoms with Crippen LogP contribution in [0.2, 0.25) is 0 Å². The number of hydrogen-bond acceptors (Lipinski definition) is 4. The number of rotatable bonds is 6. The lowest BCUT2D eigenvalue weighted by Gasteiger charge is -2.05. The van der Waals surface area contributed by atoms with Crippen molar-refractivity contribution in [2.75, 3.05) is 5.32 Å². The lowest BCUT2D eigenvalue weighted by Crippen LogP contribution is -2.12. The van der Waals surface area contributed by atoms with Crippen molar-refractivity contribution in [3.63, 3.8) is 0 Å². The Balaban J connectivity index is 1.35. The largest absolute Gasteiger partial charge is 0.441 e. The maximum Gasteiger partial charge on any atom is 0.224 e. The summed E-state index contributed by atoms with van der Waals surface area (Å²) in [5, 5.41) is 10.8. The van der Waals surface area contributed by atoms with Crippen LogP contribution in [0.15, 0.2) is 59.3 Å². The molecule has 0 bridgehead atoms. The topological polar surface area (TPSA) is 83.8 Å². The molecule has 142 valence electrons. The first-order valence-electron chi connectivity index (χ1n) is 9.36. The van der Waals surface area contributed by atoms with Gasteiger partial charge in [0.05, 0.1) is 17.9 Å². The van der Waals surface area contributed by atoms with Crippen LogP contribution in [0.1, 0.15) is 37.6 Å². The molecule has 4 rings (SSSR count). The van der Waals surface area contributed by atoms with Gasteiger partial charge in [-0.15, -0.1) is 0 Å². The van der Waals surface area contributed by atoms with Crippen molar-refractivity contribution < 1.29 is 9.21 Å². The molecular formula is C22H22N4O2. The number of carbonyl (C=O) groups excluding carboxylic acids is 1. The van der Waals surface area contributed by atoms with Gasteiger partial charge < -0.3 is 9.73 Å². The number of carbonyl (C=O) groups is 1. The molecule has 2 N–H and O–H groups in total. The Morgan fingerprint density at radius 1 is 1.14 bits per heavy atom. The van der Waals surface area contributed by atoms with Crippen LogP contribution in [0, 0.1) is 0 Å². The van der Waals surface area contributed by atoms with Crippen LogP contribution in [0.25, 0.3) is 22.2 Å². The molecule has 0 radical (unpaired) electrons. The molecule has 6 nitrogen and oxygen atoms in total. The summed E-state index contributed by atoms with van der Waals surface area (Å²) in [5.41, 5.74) is 3.90. The Hall–Kier alpha value is -3.41. The van der Waals surface area contributed by atoms with Crippen LogP contribution in [0.4, 0.5) is 5.69 Å². The summed E-state index contributed by atoms with van der Waals surface area (Å²) in [5.74, 6) is 1.68. The third kappa shape index (κ3) is 3.96. The fraction of sp³-hybridized carbons (Fsp3) is 0.227. The third-order valence-electron chi connectivity index (χ3n) is 4.71. The molecule has 0 aliphatic heterocycles. The standard InChI is InChI=1S/C22H22N4O2/c1-14(2)15-3-5-16(6-4-15)20-13-23-22(28-20)10-9-21(27)25-18-8-7-17-12-24-26-19(17)11-18/h3-8,11-14H,9-10H2,1-2H3,(H,24,26)(H,25,27). The van der Waals surface area contributed by atoms with Gasteiger partial charge in [0.25, 0.3) is 0 Å². The monoisotopic (exact) mass is 374 g/mol. The average Bonchev–Trinajstić information content (AvgIpc) is 3.35. The zero-order chi connectivity index (χ0) is 19.5. The Kier molecular flexibility index (Phi) is 4.93. The van der Waals surface area contributed by atoms with Crippen LogP contribution in [-0.4, -0.2) is 21.1 Å². The number of aryl methyl sites for hydroxylation is 1.